The van der Waals surface area contributed by atoms with Crippen molar-refractivity contribution in [2.24, 2.45) is 0 Å². The van der Waals surface area contributed by atoms with E-state index in [0.717, 1.165) is 30.1 Å². The van der Waals surface area contributed by atoms with Crippen LogP contribution in [0.4, 0.5) is 4.39 Å². The Labute approximate surface area is 186 Å². The standard InChI is InChI=1S/C24H27FN2O3S/c1-17-8-9-18(15-21(17)25)23(28)26-10-12-27(13-11-26)24(29)20-6-2-3-7-22(20)31-16-19-5-4-14-30-19/h2-3,6-9,15,19H,4-5,10-14,16H2,1H3. The molecule has 0 aliphatic carbocycles. The number of carbonyl (C=O) groups excluding carboxylic acids is 2. The highest BCUT2D eigenvalue weighted by atomic mass is 32.2. The van der Waals surface area contributed by atoms with Crippen molar-refractivity contribution in [1.82, 2.24) is 9.80 Å². The van der Waals surface area contributed by atoms with Gasteiger partial charge in [0.2, 0.25) is 0 Å². The average Bonchev–Trinajstić information content (AvgIpc) is 3.32. The van der Waals surface area contributed by atoms with E-state index in [9.17, 15) is 14.0 Å². The number of rotatable bonds is 5. The van der Waals surface area contributed by atoms with Gasteiger partial charge in [0.1, 0.15) is 5.82 Å². The Bertz CT molecular complexity index is 954. The van der Waals surface area contributed by atoms with Crippen LogP contribution in [0.3, 0.4) is 0 Å². The van der Waals surface area contributed by atoms with Crippen LogP contribution in [0.1, 0.15) is 39.1 Å². The number of benzene rings is 2. The molecule has 2 amide bonds. The molecule has 164 valence electrons. The van der Waals surface area contributed by atoms with Crippen molar-refractivity contribution in [1.29, 1.82) is 0 Å². The van der Waals surface area contributed by atoms with Crippen LogP contribution in [0.15, 0.2) is 47.4 Å². The smallest absolute Gasteiger partial charge is 0.255 e. The summed E-state index contributed by atoms with van der Waals surface area (Å²) in [7, 11) is 0. The first-order chi connectivity index (χ1) is 15.0. The molecule has 2 aromatic rings. The van der Waals surface area contributed by atoms with Crippen molar-refractivity contribution in [3.8, 4) is 0 Å². The molecule has 2 aromatic carbocycles. The molecule has 2 aliphatic heterocycles. The molecule has 5 nitrogen and oxygen atoms in total. The van der Waals surface area contributed by atoms with E-state index in [1.165, 1.54) is 6.07 Å². The summed E-state index contributed by atoms with van der Waals surface area (Å²) >= 11 is 1.67. The number of ether oxygens (including phenoxy) is 1. The molecular weight excluding hydrogens is 415 g/mol. The van der Waals surface area contributed by atoms with E-state index in [0.29, 0.717) is 42.9 Å². The van der Waals surface area contributed by atoms with Crippen LogP contribution < -0.4 is 0 Å². The molecule has 0 saturated carbocycles. The van der Waals surface area contributed by atoms with Crippen molar-refractivity contribution < 1.29 is 18.7 Å². The number of hydrogen-bond acceptors (Lipinski definition) is 4. The molecule has 0 N–H and O–H groups in total. The van der Waals surface area contributed by atoms with E-state index in [-0.39, 0.29) is 23.7 Å². The number of aryl methyl sites for hydroxylation is 1. The van der Waals surface area contributed by atoms with Gasteiger partial charge in [0.05, 0.1) is 11.7 Å². The van der Waals surface area contributed by atoms with Gasteiger partial charge in [-0.2, -0.15) is 0 Å². The van der Waals surface area contributed by atoms with Gasteiger partial charge < -0.3 is 14.5 Å². The quantitative estimate of drug-likeness (QED) is 0.657. The number of halogens is 1. The van der Waals surface area contributed by atoms with Crippen LogP contribution >= 0.6 is 11.8 Å². The van der Waals surface area contributed by atoms with Crippen molar-refractivity contribution in [3.05, 3.63) is 65.0 Å². The number of amides is 2. The van der Waals surface area contributed by atoms with E-state index < -0.39 is 0 Å². The molecular formula is C24H27FN2O3S. The normalized spacial score (nSPS) is 19.0. The highest BCUT2D eigenvalue weighted by Crippen LogP contribution is 2.28. The van der Waals surface area contributed by atoms with E-state index in [1.54, 1.807) is 40.6 Å². The third kappa shape index (κ3) is 5.10. The maximum absolute atomic E-state index is 13.8. The number of hydrogen-bond donors (Lipinski definition) is 0. The first kappa shape index (κ1) is 21.8. The Morgan fingerprint density at radius 3 is 2.45 bits per heavy atom. The molecule has 0 aromatic heterocycles. The lowest BCUT2D eigenvalue weighted by molar-refractivity contribution is 0.0533. The Balaban J connectivity index is 1.37. The predicted octanol–water partition coefficient (Wildman–Crippen LogP) is 4.00. The van der Waals surface area contributed by atoms with Gasteiger partial charge in [-0.3, -0.25) is 9.59 Å². The molecule has 2 fully saturated rings. The highest BCUT2D eigenvalue weighted by molar-refractivity contribution is 7.99. The topological polar surface area (TPSA) is 49.9 Å². The lowest BCUT2D eigenvalue weighted by atomic mass is 10.1. The van der Waals surface area contributed by atoms with Crippen molar-refractivity contribution in [3.63, 3.8) is 0 Å². The molecule has 0 spiro atoms. The average molecular weight is 443 g/mol. The van der Waals surface area contributed by atoms with Crippen LogP contribution in [-0.2, 0) is 4.74 Å². The van der Waals surface area contributed by atoms with Crippen LogP contribution in [0, 0.1) is 12.7 Å². The Kier molecular flexibility index (Phi) is 6.92. The molecule has 2 aliphatic rings. The second kappa shape index (κ2) is 9.83. The minimum Gasteiger partial charge on any atom is -0.377 e. The molecule has 0 radical (unpaired) electrons. The first-order valence-corrected chi connectivity index (χ1v) is 11.7. The lowest BCUT2D eigenvalue weighted by Gasteiger charge is -2.35. The van der Waals surface area contributed by atoms with Gasteiger partial charge >= 0.3 is 0 Å². The maximum Gasteiger partial charge on any atom is 0.255 e. The first-order valence-electron chi connectivity index (χ1n) is 10.7. The van der Waals surface area contributed by atoms with Crippen LogP contribution in [0.2, 0.25) is 0 Å². The summed E-state index contributed by atoms with van der Waals surface area (Å²) in [6.07, 6.45) is 2.43. The van der Waals surface area contributed by atoms with Crippen molar-refractivity contribution in [2.45, 2.75) is 30.8 Å². The molecule has 2 heterocycles. The van der Waals surface area contributed by atoms with Gasteiger partial charge in [0.25, 0.3) is 11.8 Å². The number of piperazine rings is 1. The van der Waals surface area contributed by atoms with Gasteiger partial charge in [-0.15, -0.1) is 11.8 Å². The second-order valence-electron chi connectivity index (χ2n) is 7.99. The van der Waals surface area contributed by atoms with Gasteiger partial charge in [0.15, 0.2) is 0 Å². The molecule has 1 atom stereocenters. The third-order valence-electron chi connectivity index (χ3n) is 5.84. The largest absolute Gasteiger partial charge is 0.377 e. The summed E-state index contributed by atoms with van der Waals surface area (Å²) in [6, 6.07) is 12.2. The fourth-order valence-corrected chi connectivity index (χ4v) is 5.03. The second-order valence-corrected chi connectivity index (χ2v) is 9.05. The Hall–Kier alpha value is -2.38. The monoisotopic (exact) mass is 442 g/mol. The molecule has 1 unspecified atom stereocenters. The van der Waals surface area contributed by atoms with E-state index >= 15 is 0 Å². The number of carbonyl (C=O) groups is 2. The molecule has 0 bridgehead atoms. The van der Waals surface area contributed by atoms with Crippen LogP contribution in [0.25, 0.3) is 0 Å². The van der Waals surface area contributed by atoms with Crippen molar-refractivity contribution in [2.75, 3.05) is 38.5 Å². The van der Waals surface area contributed by atoms with Crippen LogP contribution in [-0.4, -0.2) is 66.3 Å². The number of thioether (sulfide) groups is 1. The Morgan fingerprint density at radius 1 is 1.06 bits per heavy atom. The van der Waals surface area contributed by atoms with E-state index in [1.807, 2.05) is 24.3 Å². The molecule has 4 rings (SSSR count). The maximum atomic E-state index is 13.8. The summed E-state index contributed by atoms with van der Waals surface area (Å²) in [5.41, 5.74) is 1.56. The third-order valence-corrected chi connectivity index (χ3v) is 7.04. The predicted molar refractivity (Wildman–Crippen MR) is 119 cm³/mol. The highest BCUT2D eigenvalue weighted by Gasteiger charge is 2.27. The number of nitrogens with zero attached hydrogens (tertiary/aromatic N) is 2. The summed E-state index contributed by atoms with van der Waals surface area (Å²) in [6.45, 7) is 4.29. The van der Waals surface area contributed by atoms with Gasteiger partial charge in [-0.1, -0.05) is 18.2 Å². The zero-order valence-electron chi connectivity index (χ0n) is 17.7. The fraction of sp³-hybridized carbons (Fsp3) is 0.417. The zero-order valence-corrected chi connectivity index (χ0v) is 18.5. The van der Waals surface area contributed by atoms with E-state index in [4.69, 9.17) is 4.74 Å². The summed E-state index contributed by atoms with van der Waals surface area (Å²) < 4.78 is 19.5. The van der Waals surface area contributed by atoms with Gasteiger partial charge in [-0.25, -0.2) is 4.39 Å². The molecule has 31 heavy (non-hydrogen) atoms. The van der Waals surface area contributed by atoms with Crippen LogP contribution in [0.5, 0.6) is 0 Å². The Morgan fingerprint density at radius 2 is 1.77 bits per heavy atom. The van der Waals surface area contributed by atoms with Crippen molar-refractivity contribution >= 4 is 23.6 Å². The van der Waals surface area contributed by atoms with Gasteiger partial charge in [0, 0.05) is 49.0 Å². The SMILES string of the molecule is Cc1ccc(C(=O)N2CCN(C(=O)c3ccccc3SCC3CCCO3)CC2)cc1F. The summed E-state index contributed by atoms with van der Waals surface area (Å²) in [4.78, 5) is 30.3. The molecule has 7 heteroatoms. The lowest BCUT2D eigenvalue weighted by Crippen LogP contribution is -2.50. The zero-order chi connectivity index (χ0) is 21.8. The van der Waals surface area contributed by atoms with E-state index in [2.05, 4.69) is 0 Å². The minimum absolute atomic E-state index is 0.0103. The van der Waals surface area contributed by atoms with Gasteiger partial charge in [-0.05, 0) is 49.6 Å². The summed E-state index contributed by atoms with van der Waals surface area (Å²) in [5.74, 6) is 0.263. The fourth-order valence-electron chi connectivity index (χ4n) is 3.92. The minimum atomic E-state index is -0.378. The summed E-state index contributed by atoms with van der Waals surface area (Å²) in [5, 5.41) is 0. The molecule has 2 saturated heterocycles.